The van der Waals surface area contributed by atoms with E-state index in [9.17, 15) is 9.90 Å². The molecule has 2 N–H and O–H groups in total. The molecule has 1 aliphatic heterocycles. The van der Waals surface area contributed by atoms with Gasteiger partial charge in [-0.2, -0.15) is 5.10 Å². The predicted molar refractivity (Wildman–Crippen MR) is 75.1 cm³/mol. The number of H-pyrrole nitrogens is 1. The third kappa shape index (κ3) is 2.73. The zero-order valence-corrected chi connectivity index (χ0v) is 12.0. The molecule has 0 unspecified atom stereocenters. The van der Waals surface area contributed by atoms with Gasteiger partial charge in [0.25, 0.3) is 0 Å². The zero-order valence-electron chi connectivity index (χ0n) is 12.0. The van der Waals surface area contributed by atoms with Crippen LogP contribution in [-0.2, 0) is 11.2 Å². The Morgan fingerprint density at radius 3 is 2.85 bits per heavy atom. The van der Waals surface area contributed by atoms with Gasteiger partial charge in [-0.15, -0.1) is 0 Å². The first-order chi connectivity index (χ1) is 9.63. The summed E-state index contributed by atoms with van der Waals surface area (Å²) in [7, 11) is 0. The molecule has 3 rings (SSSR count). The number of aryl methyl sites for hydroxylation is 1. The lowest BCUT2D eigenvalue weighted by Crippen LogP contribution is -2.34. The maximum absolute atomic E-state index is 12.4. The van der Waals surface area contributed by atoms with E-state index in [1.54, 1.807) is 0 Å². The minimum absolute atomic E-state index is 0.114. The first-order valence-electron chi connectivity index (χ1n) is 7.61. The molecule has 1 saturated carbocycles. The maximum Gasteiger partial charge on any atom is 0.225 e. The van der Waals surface area contributed by atoms with Gasteiger partial charge in [0.2, 0.25) is 5.91 Å². The second kappa shape index (κ2) is 5.56. The third-order valence-electron chi connectivity index (χ3n) is 4.65. The predicted octanol–water partition coefficient (Wildman–Crippen LogP) is 1.27. The number of likely N-dealkylation sites (tertiary alicyclic amines) is 1. The van der Waals surface area contributed by atoms with Crippen molar-refractivity contribution in [2.75, 3.05) is 13.1 Å². The van der Waals surface area contributed by atoms with E-state index in [2.05, 4.69) is 10.2 Å². The van der Waals surface area contributed by atoms with Crippen molar-refractivity contribution < 1.29 is 9.90 Å². The maximum atomic E-state index is 12.4. The fraction of sp³-hybridized carbons (Fsp3) is 0.733. The molecule has 110 valence electrons. The SMILES string of the molecule is Cc1cc(C[C@@H]2CN(C(=O)C3CCCC3)C[C@H]2O)n[nH]1. The Labute approximate surface area is 119 Å². The van der Waals surface area contributed by atoms with E-state index in [0.717, 1.165) is 30.7 Å². The summed E-state index contributed by atoms with van der Waals surface area (Å²) in [4.78, 5) is 14.3. The molecule has 0 bridgehead atoms. The summed E-state index contributed by atoms with van der Waals surface area (Å²) in [6.45, 7) is 3.13. The van der Waals surface area contributed by atoms with Gasteiger partial charge in [0, 0.05) is 30.6 Å². The molecule has 2 fully saturated rings. The van der Waals surface area contributed by atoms with Crippen LogP contribution in [0.3, 0.4) is 0 Å². The number of β-amino-alcohol motifs (C(OH)–C–C–N with tert-alkyl or cyclic N) is 1. The molecule has 1 aliphatic carbocycles. The number of hydrogen-bond donors (Lipinski definition) is 2. The molecule has 20 heavy (non-hydrogen) atoms. The van der Waals surface area contributed by atoms with Crippen LogP contribution in [0.4, 0.5) is 0 Å². The lowest BCUT2D eigenvalue weighted by atomic mass is 10.00. The topological polar surface area (TPSA) is 69.2 Å². The summed E-state index contributed by atoms with van der Waals surface area (Å²) in [5.41, 5.74) is 2.01. The van der Waals surface area contributed by atoms with Crippen LogP contribution in [0.5, 0.6) is 0 Å². The number of aliphatic hydroxyl groups excluding tert-OH is 1. The minimum Gasteiger partial charge on any atom is -0.391 e. The number of aromatic amines is 1. The monoisotopic (exact) mass is 277 g/mol. The number of carbonyl (C=O) groups excluding carboxylic acids is 1. The molecule has 0 aromatic carbocycles. The van der Waals surface area contributed by atoms with Gasteiger partial charge in [-0.25, -0.2) is 0 Å². The molecule has 2 heterocycles. The molecule has 0 spiro atoms. The van der Waals surface area contributed by atoms with Crippen molar-refractivity contribution in [1.29, 1.82) is 0 Å². The smallest absolute Gasteiger partial charge is 0.225 e. The molecular formula is C15H23N3O2. The summed E-state index contributed by atoms with van der Waals surface area (Å²) in [6, 6.07) is 2.01. The van der Waals surface area contributed by atoms with E-state index in [0.29, 0.717) is 13.1 Å². The molecule has 5 nitrogen and oxygen atoms in total. The summed E-state index contributed by atoms with van der Waals surface area (Å²) in [5.74, 6) is 0.568. The molecule has 0 radical (unpaired) electrons. The van der Waals surface area contributed by atoms with Crippen molar-refractivity contribution in [3.05, 3.63) is 17.5 Å². The molecular weight excluding hydrogens is 254 g/mol. The van der Waals surface area contributed by atoms with Crippen molar-refractivity contribution in [3.8, 4) is 0 Å². The van der Waals surface area contributed by atoms with Gasteiger partial charge in [-0.3, -0.25) is 9.89 Å². The highest BCUT2D eigenvalue weighted by molar-refractivity contribution is 5.79. The largest absolute Gasteiger partial charge is 0.391 e. The van der Waals surface area contributed by atoms with E-state index in [1.807, 2.05) is 17.9 Å². The minimum atomic E-state index is -0.419. The molecule has 5 heteroatoms. The standard InChI is InChI=1S/C15H23N3O2/c1-10-6-13(17-16-10)7-12-8-18(9-14(12)19)15(20)11-4-2-3-5-11/h6,11-12,14,19H,2-5,7-9H2,1H3,(H,16,17)/t12-,14-/m1/s1. The Hall–Kier alpha value is -1.36. The van der Waals surface area contributed by atoms with Crippen LogP contribution in [0, 0.1) is 18.8 Å². The van der Waals surface area contributed by atoms with Crippen molar-refractivity contribution in [3.63, 3.8) is 0 Å². The Morgan fingerprint density at radius 1 is 1.45 bits per heavy atom. The van der Waals surface area contributed by atoms with Crippen molar-refractivity contribution >= 4 is 5.91 Å². The molecule has 1 aromatic heterocycles. The Balaban J connectivity index is 1.59. The Kier molecular flexibility index (Phi) is 3.78. The first-order valence-corrected chi connectivity index (χ1v) is 7.61. The average Bonchev–Trinajstić information content (AvgIpc) is 3.12. The Bertz CT molecular complexity index is 479. The normalized spacial score (nSPS) is 27.4. The van der Waals surface area contributed by atoms with Gasteiger partial charge in [-0.1, -0.05) is 12.8 Å². The average molecular weight is 277 g/mol. The summed E-state index contributed by atoms with van der Waals surface area (Å²) in [5, 5.41) is 17.3. The summed E-state index contributed by atoms with van der Waals surface area (Å²) >= 11 is 0. The fourth-order valence-corrected chi connectivity index (χ4v) is 3.51. The number of hydrogen-bond acceptors (Lipinski definition) is 3. The van der Waals surface area contributed by atoms with Crippen LogP contribution >= 0.6 is 0 Å². The number of aromatic nitrogens is 2. The highest BCUT2D eigenvalue weighted by Gasteiger charge is 2.37. The second-order valence-electron chi connectivity index (χ2n) is 6.30. The van der Waals surface area contributed by atoms with Gasteiger partial charge in [0.05, 0.1) is 11.8 Å². The molecule has 1 aromatic rings. The number of nitrogens with zero attached hydrogens (tertiary/aromatic N) is 2. The number of amides is 1. The van der Waals surface area contributed by atoms with Crippen LogP contribution in [-0.4, -0.2) is 45.3 Å². The van der Waals surface area contributed by atoms with Crippen LogP contribution in [0.1, 0.15) is 37.1 Å². The molecule has 2 aliphatic rings. The van der Waals surface area contributed by atoms with Gasteiger partial charge in [0.15, 0.2) is 0 Å². The van der Waals surface area contributed by atoms with Gasteiger partial charge in [0.1, 0.15) is 0 Å². The summed E-state index contributed by atoms with van der Waals surface area (Å²) < 4.78 is 0. The fourth-order valence-electron chi connectivity index (χ4n) is 3.51. The highest BCUT2D eigenvalue weighted by Crippen LogP contribution is 2.29. The number of nitrogens with one attached hydrogen (secondary N) is 1. The van der Waals surface area contributed by atoms with E-state index in [-0.39, 0.29) is 17.7 Å². The van der Waals surface area contributed by atoms with Crippen molar-refractivity contribution in [1.82, 2.24) is 15.1 Å². The van der Waals surface area contributed by atoms with Gasteiger partial charge >= 0.3 is 0 Å². The van der Waals surface area contributed by atoms with Crippen LogP contribution in [0.25, 0.3) is 0 Å². The van der Waals surface area contributed by atoms with E-state index < -0.39 is 6.10 Å². The van der Waals surface area contributed by atoms with Crippen molar-refractivity contribution in [2.24, 2.45) is 11.8 Å². The van der Waals surface area contributed by atoms with Crippen molar-refractivity contribution in [2.45, 2.75) is 45.1 Å². The first kappa shape index (κ1) is 13.6. The molecule has 1 amide bonds. The van der Waals surface area contributed by atoms with E-state index in [1.165, 1.54) is 12.8 Å². The summed E-state index contributed by atoms with van der Waals surface area (Å²) in [6.07, 6.45) is 4.70. The van der Waals surface area contributed by atoms with Crippen LogP contribution in [0.2, 0.25) is 0 Å². The lowest BCUT2D eigenvalue weighted by molar-refractivity contribution is -0.134. The van der Waals surface area contributed by atoms with Crippen LogP contribution < -0.4 is 0 Å². The van der Waals surface area contributed by atoms with Gasteiger partial charge in [-0.05, 0) is 32.3 Å². The Morgan fingerprint density at radius 2 is 2.20 bits per heavy atom. The highest BCUT2D eigenvalue weighted by atomic mass is 16.3. The molecule has 2 atom stereocenters. The van der Waals surface area contributed by atoms with E-state index in [4.69, 9.17) is 0 Å². The third-order valence-corrected chi connectivity index (χ3v) is 4.65. The number of carbonyl (C=O) groups is 1. The quantitative estimate of drug-likeness (QED) is 0.874. The van der Waals surface area contributed by atoms with Crippen LogP contribution in [0.15, 0.2) is 6.07 Å². The molecule has 1 saturated heterocycles. The number of rotatable bonds is 3. The van der Waals surface area contributed by atoms with E-state index >= 15 is 0 Å². The lowest BCUT2D eigenvalue weighted by Gasteiger charge is -2.20. The number of aliphatic hydroxyl groups is 1. The zero-order chi connectivity index (χ0) is 14.1. The van der Waals surface area contributed by atoms with Gasteiger partial charge < -0.3 is 10.0 Å². The second-order valence-corrected chi connectivity index (χ2v) is 6.30.